The van der Waals surface area contributed by atoms with Gasteiger partial charge in [0, 0.05) is 24.5 Å². The van der Waals surface area contributed by atoms with Crippen LogP contribution in [0.5, 0.6) is 5.75 Å². The molecule has 2 fully saturated rings. The molecule has 0 spiro atoms. The molecule has 0 radical (unpaired) electrons. The summed E-state index contributed by atoms with van der Waals surface area (Å²) in [6.45, 7) is 2.20. The van der Waals surface area contributed by atoms with Crippen LogP contribution in [-0.2, 0) is 4.79 Å². The second-order valence-electron chi connectivity index (χ2n) is 9.37. The molecule has 1 amide bonds. The van der Waals surface area contributed by atoms with Gasteiger partial charge in [0.2, 0.25) is 5.78 Å². The average Bonchev–Trinajstić information content (AvgIpc) is 3.31. The highest BCUT2D eigenvalue weighted by Crippen LogP contribution is 2.34. The van der Waals surface area contributed by atoms with Crippen molar-refractivity contribution in [3.05, 3.63) is 77.1 Å². The number of hydrogen-bond acceptors (Lipinski definition) is 6. The lowest BCUT2D eigenvalue weighted by atomic mass is 10.0. The summed E-state index contributed by atoms with van der Waals surface area (Å²) in [5.41, 5.74) is 1.61. The smallest absolute Gasteiger partial charge is 0.292 e. The van der Waals surface area contributed by atoms with Gasteiger partial charge in [-0.15, -0.1) is 0 Å². The molecule has 1 aliphatic carbocycles. The fraction of sp³-hybridized carbons (Fsp3) is 0.370. The van der Waals surface area contributed by atoms with Crippen molar-refractivity contribution < 1.29 is 19.4 Å². The first-order valence-electron chi connectivity index (χ1n) is 12.3. The Labute approximate surface area is 214 Å². The van der Waals surface area contributed by atoms with Crippen molar-refractivity contribution in [2.24, 2.45) is 0 Å². The van der Waals surface area contributed by atoms with E-state index in [0.717, 1.165) is 44.5 Å². The lowest BCUT2D eigenvalue weighted by Crippen LogP contribution is -2.48. The van der Waals surface area contributed by atoms with Crippen LogP contribution in [0.3, 0.4) is 0 Å². The van der Waals surface area contributed by atoms with E-state index in [2.05, 4.69) is 15.3 Å². The summed E-state index contributed by atoms with van der Waals surface area (Å²) >= 11 is 6.41. The number of Topliss-reactive ketones (excluding diaryl/α,β-unsaturated/α-hetero) is 1. The van der Waals surface area contributed by atoms with Gasteiger partial charge in [-0.2, -0.15) is 5.10 Å². The molecule has 1 saturated carbocycles. The number of amides is 1. The van der Waals surface area contributed by atoms with Crippen LogP contribution >= 0.6 is 11.6 Å². The first-order valence-corrected chi connectivity index (χ1v) is 12.7. The number of benzene rings is 2. The van der Waals surface area contributed by atoms with Crippen molar-refractivity contribution in [1.82, 2.24) is 20.0 Å². The third kappa shape index (κ3) is 5.78. The predicted octanol–water partition coefficient (Wildman–Crippen LogP) is 3.56. The Bertz CT molecular complexity index is 1210. The lowest BCUT2D eigenvalue weighted by molar-refractivity contribution is -0.118. The van der Waals surface area contributed by atoms with Gasteiger partial charge in [-0.3, -0.25) is 9.59 Å². The molecule has 3 aromatic rings. The Morgan fingerprint density at radius 3 is 2.53 bits per heavy atom. The maximum absolute atomic E-state index is 13.0. The molecule has 0 bridgehead atoms. The van der Waals surface area contributed by atoms with Gasteiger partial charge in [0.15, 0.2) is 0 Å². The van der Waals surface area contributed by atoms with E-state index in [1.165, 1.54) is 0 Å². The zero-order valence-electron chi connectivity index (χ0n) is 19.8. The number of aliphatic hydroxyl groups is 1. The molecule has 2 aromatic carbocycles. The molecule has 36 heavy (non-hydrogen) atoms. The molecule has 8 nitrogen and oxygen atoms in total. The molecule has 5 rings (SSSR count). The second kappa shape index (κ2) is 10.8. The predicted molar refractivity (Wildman–Crippen MR) is 136 cm³/mol. The van der Waals surface area contributed by atoms with Crippen LogP contribution < -0.4 is 10.1 Å². The maximum Gasteiger partial charge on any atom is 0.292 e. The van der Waals surface area contributed by atoms with E-state index in [9.17, 15) is 14.7 Å². The van der Waals surface area contributed by atoms with E-state index in [-0.39, 0.29) is 11.7 Å². The number of ether oxygens (including phenoxy) is 1. The van der Waals surface area contributed by atoms with Crippen molar-refractivity contribution in [3.8, 4) is 11.4 Å². The van der Waals surface area contributed by atoms with E-state index < -0.39 is 23.8 Å². The minimum Gasteiger partial charge on any atom is -0.489 e. The molecule has 2 aliphatic rings. The zero-order valence-corrected chi connectivity index (χ0v) is 20.6. The monoisotopic (exact) mass is 508 g/mol. The van der Waals surface area contributed by atoms with Crippen molar-refractivity contribution in [3.63, 3.8) is 0 Å². The quantitative estimate of drug-likeness (QED) is 0.321. The molecule has 188 valence electrons. The Kier molecular flexibility index (Phi) is 7.36. The Morgan fingerprint density at radius 1 is 1.14 bits per heavy atom. The SMILES string of the molecule is O=C(N[C@H](CN1CCCC1)[C@H](O)c1ccc(OC2CC2)c(Cl)c1)C(=O)c1ccc(-n2cccn2)cc1. The van der Waals surface area contributed by atoms with Crippen molar-refractivity contribution in [2.75, 3.05) is 19.6 Å². The van der Waals surface area contributed by atoms with E-state index in [1.54, 1.807) is 65.6 Å². The summed E-state index contributed by atoms with van der Waals surface area (Å²) in [6, 6.07) is 13.0. The fourth-order valence-electron chi connectivity index (χ4n) is 4.41. The third-order valence-electron chi connectivity index (χ3n) is 6.57. The molecule has 2 heterocycles. The summed E-state index contributed by atoms with van der Waals surface area (Å²) < 4.78 is 7.46. The molecule has 0 unspecified atom stereocenters. The molecule has 2 N–H and O–H groups in total. The van der Waals surface area contributed by atoms with E-state index in [0.29, 0.717) is 22.9 Å². The molecule has 9 heteroatoms. The first kappa shape index (κ1) is 24.5. The number of rotatable bonds is 10. The van der Waals surface area contributed by atoms with Crippen LogP contribution in [0.15, 0.2) is 60.9 Å². The van der Waals surface area contributed by atoms with Gasteiger partial charge in [-0.25, -0.2) is 4.68 Å². The average molecular weight is 509 g/mol. The fourth-order valence-corrected chi connectivity index (χ4v) is 4.65. The second-order valence-corrected chi connectivity index (χ2v) is 9.77. The van der Waals surface area contributed by atoms with Gasteiger partial charge in [0.1, 0.15) is 11.9 Å². The summed E-state index contributed by atoms with van der Waals surface area (Å²) in [4.78, 5) is 28.1. The summed E-state index contributed by atoms with van der Waals surface area (Å²) in [7, 11) is 0. The highest BCUT2D eigenvalue weighted by Gasteiger charge is 2.30. The van der Waals surface area contributed by atoms with Gasteiger partial charge in [0.05, 0.1) is 22.9 Å². The van der Waals surface area contributed by atoms with Crippen molar-refractivity contribution >= 4 is 23.3 Å². The molecule has 2 atom stereocenters. The highest BCUT2D eigenvalue weighted by atomic mass is 35.5. The minimum absolute atomic E-state index is 0.208. The van der Waals surface area contributed by atoms with Crippen LogP contribution in [0.2, 0.25) is 5.02 Å². The molecular weight excluding hydrogens is 480 g/mol. The number of aromatic nitrogens is 2. The van der Waals surface area contributed by atoms with Crippen LogP contribution in [0.25, 0.3) is 5.69 Å². The van der Waals surface area contributed by atoms with Crippen LogP contribution in [-0.4, -0.2) is 63.3 Å². The normalized spacial score (nSPS) is 17.5. The van der Waals surface area contributed by atoms with Gasteiger partial charge >= 0.3 is 0 Å². The van der Waals surface area contributed by atoms with E-state index in [4.69, 9.17) is 16.3 Å². The Balaban J connectivity index is 1.30. The van der Waals surface area contributed by atoms with Gasteiger partial charge in [-0.1, -0.05) is 17.7 Å². The van der Waals surface area contributed by atoms with Crippen molar-refractivity contribution in [2.45, 2.75) is 43.9 Å². The topological polar surface area (TPSA) is 96.7 Å². The van der Waals surface area contributed by atoms with Crippen LogP contribution in [0, 0.1) is 0 Å². The number of nitrogens with one attached hydrogen (secondary N) is 1. The summed E-state index contributed by atoms with van der Waals surface area (Å²) in [6.07, 6.45) is 6.80. The maximum atomic E-state index is 13.0. The highest BCUT2D eigenvalue weighted by molar-refractivity contribution is 6.42. The Morgan fingerprint density at radius 2 is 1.89 bits per heavy atom. The van der Waals surface area contributed by atoms with E-state index >= 15 is 0 Å². The number of nitrogens with zero attached hydrogens (tertiary/aromatic N) is 3. The molecule has 1 aromatic heterocycles. The van der Waals surface area contributed by atoms with Crippen LogP contribution in [0.1, 0.15) is 47.7 Å². The molecular formula is C27H29ClN4O4. The van der Waals surface area contributed by atoms with Gasteiger partial charge < -0.3 is 20.1 Å². The third-order valence-corrected chi connectivity index (χ3v) is 6.87. The van der Waals surface area contributed by atoms with Gasteiger partial charge in [-0.05, 0) is 86.8 Å². The largest absolute Gasteiger partial charge is 0.489 e. The van der Waals surface area contributed by atoms with Crippen molar-refractivity contribution in [1.29, 1.82) is 0 Å². The van der Waals surface area contributed by atoms with Gasteiger partial charge in [0.25, 0.3) is 5.91 Å². The molecule has 1 saturated heterocycles. The lowest BCUT2D eigenvalue weighted by Gasteiger charge is -2.28. The Hall–Kier alpha value is -3.20. The minimum atomic E-state index is -1.04. The summed E-state index contributed by atoms with van der Waals surface area (Å²) in [5, 5.41) is 18.6. The number of aliphatic hydroxyl groups excluding tert-OH is 1. The molecule has 1 aliphatic heterocycles. The number of carbonyl (C=O) groups is 2. The number of carbonyl (C=O) groups excluding carboxylic acids is 2. The van der Waals surface area contributed by atoms with E-state index in [1.807, 2.05) is 0 Å². The first-order chi connectivity index (χ1) is 17.5. The summed E-state index contributed by atoms with van der Waals surface area (Å²) in [5.74, 6) is -0.833. The van der Waals surface area contributed by atoms with Crippen LogP contribution in [0.4, 0.5) is 0 Å². The standard InChI is InChI=1S/C27H29ClN4O4/c28-22-16-19(6-11-24(22)36-21-9-10-21)25(33)23(17-31-13-1-2-14-31)30-27(35)26(34)18-4-7-20(8-5-18)32-15-3-12-29-32/h3-8,11-12,15-16,21,23,25,33H,1-2,9-10,13-14,17H2,(H,30,35)/t23-,25-/m1/s1. The number of halogens is 1. The zero-order chi connectivity index (χ0) is 25.1. The number of hydrogen-bond donors (Lipinski definition) is 2. The number of likely N-dealkylation sites (tertiary alicyclic amines) is 1. The number of ketones is 1.